The first-order valence-corrected chi connectivity index (χ1v) is 7.98. The normalized spacial score (nSPS) is 14.4. The number of anilines is 1. The number of nitrogens with one attached hydrogen (secondary N) is 1. The fourth-order valence-corrected chi connectivity index (χ4v) is 2.84. The maximum atomic E-state index is 12.3. The number of aromatic nitrogens is 2. The lowest BCUT2D eigenvalue weighted by molar-refractivity contribution is -0.123. The molecule has 3 aromatic rings. The second kappa shape index (κ2) is 6.01. The number of carbonyl (C=O) groups is 2. The van der Waals surface area contributed by atoms with E-state index in [2.05, 4.69) is 15.5 Å². The number of pyridine rings is 1. The monoisotopic (exact) mass is 336 g/mol. The van der Waals surface area contributed by atoms with Crippen LogP contribution in [0.4, 0.5) is 5.69 Å². The molecule has 0 aliphatic carbocycles. The van der Waals surface area contributed by atoms with Crippen molar-refractivity contribution in [3.8, 4) is 0 Å². The van der Waals surface area contributed by atoms with Gasteiger partial charge in [-0.1, -0.05) is 11.2 Å². The van der Waals surface area contributed by atoms with Crippen LogP contribution in [0, 0.1) is 12.8 Å². The number of carbonyl (C=O) groups excluding carboxylic acids is 2. The van der Waals surface area contributed by atoms with Crippen LogP contribution in [0.25, 0.3) is 10.9 Å². The summed E-state index contributed by atoms with van der Waals surface area (Å²) in [4.78, 5) is 30.4. The average molecular weight is 336 g/mol. The fourth-order valence-electron chi connectivity index (χ4n) is 2.84. The topological polar surface area (TPSA) is 88.3 Å². The van der Waals surface area contributed by atoms with Crippen LogP contribution < -0.4 is 5.32 Å². The van der Waals surface area contributed by atoms with Gasteiger partial charge >= 0.3 is 0 Å². The van der Waals surface area contributed by atoms with Gasteiger partial charge in [-0.2, -0.15) is 0 Å². The van der Waals surface area contributed by atoms with E-state index in [0.29, 0.717) is 18.8 Å². The molecule has 0 radical (unpaired) electrons. The SMILES string of the molecule is Cc1cc(C(=O)N2CC(C(=O)Nc3ccc4ncccc4c3)C2)no1. The molecule has 0 spiro atoms. The Balaban J connectivity index is 1.37. The van der Waals surface area contributed by atoms with Crippen molar-refractivity contribution >= 4 is 28.4 Å². The van der Waals surface area contributed by atoms with Gasteiger partial charge in [-0.05, 0) is 31.2 Å². The summed E-state index contributed by atoms with van der Waals surface area (Å²) >= 11 is 0. The highest BCUT2D eigenvalue weighted by Crippen LogP contribution is 2.22. The molecule has 4 rings (SSSR count). The van der Waals surface area contributed by atoms with Crippen molar-refractivity contribution < 1.29 is 14.1 Å². The van der Waals surface area contributed by atoms with E-state index in [1.165, 1.54) is 0 Å². The molecule has 0 unspecified atom stereocenters. The van der Waals surface area contributed by atoms with Gasteiger partial charge in [-0.3, -0.25) is 14.6 Å². The van der Waals surface area contributed by atoms with Crippen molar-refractivity contribution in [1.29, 1.82) is 0 Å². The largest absolute Gasteiger partial charge is 0.361 e. The Bertz CT molecular complexity index is 960. The Morgan fingerprint density at radius 2 is 2.08 bits per heavy atom. The number of fused-ring (bicyclic) bond motifs is 1. The number of likely N-dealkylation sites (tertiary alicyclic amines) is 1. The van der Waals surface area contributed by atoms with Gasteiger partial charge in [-0.25, -0.2) is 0 Å². The molecule has 2 amide bonds. The van der Waals surface area contributed by atoms with Crippen LogP contribution in [0.1, 0.15) is 16.2 Å². The zero-order chi connectivity index (χ0) is 17.4. The molecule has 7 nitrogen and oxygen atoms in total. The number of nitrogens with zero attached hydrogens (tertiary/aromatic N) is 3. The summed E-state index contributed by atoms with van der Waals surface area (Å²) in [5.74, 6) is 0.0619. The minimum atomic E-state index is -0.221. The summed E-state index contributed by atoms with van der Waals surface area (Å²) in [6.07, 6.45) is 1.73. The number of hydrogen-bond donors (Lipinski definition) is 1. The van der Waals surface area contributed by atoms with Crippen molar-refractivity contribution in [1.82, 2.24) is 15.0 Å². The molecule has 7 heteroatoms. The highest BCUT2D eigenvalue weighted by Gasteiger charge is 2.37. The van der Waals surface area contributed by atoms with Crippen molar-refractivity contribution in [2.75, 3.05) is 18.4 Å². The predicted molar refractivity (Wildman–Crippen MR) is 91.0 cm³/mol. The quantitative estimate of drug-likeness (QED) is 0.792. The maximum absolute atomic E-state index is 12.3. The third-order valence-corrected chi connectivity index (χ3v) is 4.26. The molecule has 0 atom stereocenters. The van der Waals surface area contributed by atoms with E-state index in [9.17, 15) is 9.59 Å². The van der Waals surface area contributed by atoms with E-state index >= 15 is 0 Å². The minimum Gasteiger partial charge on any atom is -0.361 e. The van der Waals surface area contributed by atoms with Gasteiger partial charge in [0.2, 0.25) is 5.91 Å². The molecule has 1 saturated heterocycles. The zero-order valence-corrected chi connectivity index (χ0v) is 13.6. The molecular formula is C18H16N4O3. The molecule has 1 N–H and O–H groups in total. The van der Waals surface area contributed by atoms with E-state index in [0.717, 1.165) is 16.6 Å². The zero-order valence-electron chi connectivity index (χ0n) is 13.6. The van der Waals surface area contributed by atoms with Crippen molar-refractivity contribution in [2.45, 2.75) is 6.92 Å². The highest BCUT2D eigenvalue weighted by atomic mass is 16.5. The first-order chi connectivity index (χ1) is 12.1. The molecule has 1 aromatic carbocycles. The summed E-state index contributed by atoms with van der Waals surface area (Å²) in [5, 5.41) is 7.58. The lowest BCUT2D eigenvalue weighted by atomic mass is 9.98. The number of amides is 2. The highest BCUT2D eigenvalue weighted by molar-refractivity contribution is 5.98. The van der Waals surface area contributed by atoms with E-state index in [1.54, 1.807) is 24.1 Å². The van der Waals surface area contributed by atoms with Crippen LogP contribution in [0.2, 0.25) is 0 Å². The molecule has 25 heavy (non-hydrogen) atoms. The van der Waals surface area contributed by atoms with Crippen LogP contribution in [0.3, 0.4) is 0 Å². The molecule has 3 heterocycles. The van der Waals surface area contributed by atoms with Gasteiger partial charge < -0.3 is 14.7 Å². The minimum absolute atomic E-state index is 0.0939. The second-order valence-electron chi connectivity index (χ2n) is 6.13. The Kier molecular flexibility index (Phi) is 3.68. The average Bonchev–Trinajstić information content (AvgIpc) is 3.00. The molecule has 1 fully saturated rings. The van der Waals surface area contributed by atoms with Gasteiger partial charge in [0.25, 0.3) is 5.91 Å². The van der Waals surface area contributed by atoms with Crippen molar-refractivity contribution in [3.63, 3.8) is 0 Å². The molecule has 0 bridgehead atoms. The number of benzene rings is 1. The second-order valence-corrected chi connectivity index (χ2v) is 6.13. The van der Waals surface area contributed by atoms with Crippen molar-refractivity contribution in [2.24, 2.45) is 5.92 Å². The fraction of sp³-hybridized carbons (Fsp3) is 0.222. The lowest BCUT2D eigenvalue weighted by Gasteiger charge is -2.37. The van der Waals surface area contributed by atoms with Gasteiger partial charge in [-0.15, -0.1) is 0 Å². The first kappa shape index (κ1) is 15.3. The van der Waals surface area contributed by atoms with Crippen molar-refractivity contribution in [3.05, 3.63) is 54.0 Å². The molecule has 1 aliphatic rings. The van der Waals surface area contributed by atoms with Gasteiger partial charge in [0, 0.05) is 36.4 Å². The van der Waals surface area contributed by atoms with Crippen LogP contribution >= 0.6 is 0 Å². The van der Waals surface area contributed by atoms with E-state index in [1.807, 2.05) is 30.3 Å². The first-order valence-electron chi connectivity index (χ1n) is 7.98. The third kappa shape index (κ3) is 2.96. The van der Waals surface area contributed by atoms with Gasteiger partial charge in [0.05, 0.1) is 11.4 Å². The number of hydrogen-bond acceptors (Lipinski definition) is 5. The van der Waals surface area contributed by atoms with Gasteiger partial charge in [0.1, 0.15) is 5.76 Å². The van der Waals surface area contributed by atoms with Crippen LogP contribution in [-0.4, -0.2) is 39.9 Å². The van der Waals surface area contributed by atoms with Crippen LogP contribution in [0.15, 0.2) is 47.1 Å². The molecule has 126 valence electrons. The predicted octanol–water partition coefficient (Wildman–Crippen LogP) is 2.24. The maximum Gasteiger partial charge on any atom is 0.276 e. The molecule has 0 saturated carbocycles. The number of rotatable bonds is 3. The Morgan fingerprint density at radius 1 is 1.24 bits per heavy atom. The standard InChI is InChI=1S/C18H16N4O3/c1-11-7-16(21-25-11)18(24)22-9-13(10-22)17(23)20-14-4-5-15-12(8-14)3-2-6-19-15/h2-8,13H,9-10H2,1H3,(H,20,23). The van der Waals surface area contributed by atoms with Crippen LogP contribution in [-0.2, 0) is 4.79 Å². The summed E-state index contributed by atoms with van der Waals surface area (Å²) < 4.78 is 4.91. The van der Waals surface area contributed by atoms with Gasteiger partial charge in [0.15, 0.2) is 5.69 Å². The van der Waals surface area contributed by atoms with E-state index < -0.39 is 0 Å². The Morgan fingerprint density at radius 3 is 2.84 bits per heavy atom. The molecule has 1 aliphatic heterocycles. The summed E-state index contributed by atoms with van der Waals surface area (Å²) in [6.45, 7) is 2.49. The van der Waals surface area contributed by atoms with Crippen LogP contribution in [0.5, 0.6) is 0 Å². The third-order valence-electron chi connectivity index (χ3n) is 4.26. The summed E-state index contributed by atoms with van der Waals surface area (Å²) in [6, 6.07) is 11.0. The summed E-state index contributed by atoms with van der Waals surface area (Å²) in [7, 11) is 0. The molecule has 2 aromatic heterocycles. The Labute approximate surface area is 143 Å². The van der Waals surface area contributed by atoms with E-state index in [-0.39, 0.29) is 23.4 Å². The Hall–Kier alpha value is -3.22. The summed E-state index contributed by atoms with van der Waals surface area (Å²) in [5.41, 5.74) is 1.88. The van der Waals surface area contributed by atoms with E-state index in [4.69, 9.17) is 4.52 Å². The number of aryl methyl sites for hydroxylation is 1. The molecular weight excluding hydrogens is 320 g/mol. The lowest BCUT2D eigenvalue weighted by Crippen LogP contribution is -2.54. The smallest absolute Gasteiger partial charge is 0.276 e.